The van der Waals surface area contributed by atoms with Crippen molar-refractivity contribution in [3.63, 3.8) is 0 Å². The summed E-state index contributed by atoms with van der Waals surface area (Å²) in [6.45, 7) is 0. The molecule has 28 rings (SSSR count). The SMILES string of the molecule is c1ccc(-c2ccc(-c3cc(-c4cc[n+](-c5cccc(-c6ccccn6)n5)cc4)cc(-c4cccnc4)c3)cn2)nc1.c1ccc(-c2nc(-c3ccccc3)nc(-c3ccc4c5c(cccc35)-c3c-4c(-c4ccccc4)c4ccccc4c3-c3ccccc3)n2)cc1.c1ccc(-n2c(-c3ccc(-c4ccc5c(-c6ccc7ccccc7c6)c6ccccc6c(-c6ccc7ccccc7c6)c5c4)cc3)nc3ccccc32)cc1. The number of pyridine rings is 6. The molecule has 19 aromatic carbocycles. The number of rotatable bonds is 16. The Bertz CT molecular complexity index is 9510. The van der Waals surface area contributed by atoms with Crippen LogP contribution in [0.2, 0.25) is 0 Å². The quantitative estimate of drug-likeness (QED) is 0.0687. The van der Waals surface area contributed by atoms with Crippen LogP contribution in [0.1, 0.15) is 0 Å². The van der Waals surface area contributed by atoms with Crippen LogP contribution in [0.4, 0.5) is 0 Å². The van der Waals surface area contributed by atoms with Crippen LogP contribution in [0.25, 0.3) is 267 Å². The first-order chi connectivity index (χ1) is 72.9. The van der Waals surface area contributed by atoms with Crippen molar-refractivity contribution in [2.45, 2.75) is 0 Å². The summed E-state index contributed by atoms with van der Waals surface area (Å²) < 4.78 is 4.28. The lowest BCUT2D eigenvalue weighted by Gasteiger charge is -2.20. The van der Waals surface area contributed by atoms with E-state index in [1.807, 2.05) is 132 Å². The highest BCUT2D eigenvalue weighted by Crippen LogP contribution is 2.59. The summed E-state index contributed by atoms with van der Waals surface area (Å²) in [6.07, 6.45) is 13.2. The van der Waals surface area contributed by atoms with Crippen LogP contribution in [-0.4, -0.2) is 49.4 Å². The predicted molar refractivity (Wildman–Crippen MR) is 603 cm³/mol. The largest absolute Gasteiger partial charge is 0.328 e. The molecule has 8 heterocycles. The molecule has 0 unspecified atom stereocenters. The first-order valence-corrected chi connectivity index (χ1v) is 49.5. The van der Waals surface area contributed by atoms with E-state index in [1.54, 1.807) is 18.6 Å². The molecule has 686 valence electrons. The van der Waals surface area contributed by atoms with Gasteiger partial charge < -0.3 is 0 Å². The third-order valence-electron chi connectivity index (χ3n) is 28.1. The van der Waals surface area contributed by atoms with Crippen LogP contribution < -0.4 is 4.57 Å². The van der Waals surface area contributed by atoms with E-state index in [-0.39, 0.29) is 0 Å². The fourth-order valence-corrected chi connectivity index (χ4v) is 21.2. The van der Waals surface area contributed by atoms with Gasteiger partial charge >= 0.3 is 5.82 Å². The number of nitrogens with zero attached hydrogens (tertiary/aromatic N) is 11. The van der Waals surface area contributed by atoms with E-state index in [4.69, 9.17) is 29.9 Å². The smallest absolute Gasteiger partial charge is 0.292 e. The van der Waals surface area contributed by atoms with Gasteiger partial charge in [0.2, 0.25) is 5.69 Å². The lowest BCUT2D eigenvalue weighted by Crippen LogP contribution is -2.30. The fraction of sp³-hybridized carbons (Fsp3) is 0. The molecule has 0 saturated heterocycles. The highest BCUT2D eigenvalue weighted by molar-refractivity contribution is 6.29. The van der Waals surface area contributed by atoms with Gasteiger partial charge in [-0.25, -0.2) is 24.5 Å². The number of aromatic nitrogens is 11. The Morgan fingerprint density at radius 1 is 0.197 bits per heavy atom. The Morgan fingerprint density at radius 3 is 1.21 bits per heavy atom. The molecule has 0 saturated carbocycles. The fourth-order valence-electron chi connectivity index (χ4n) is 21.2. The number of para-hydroxylation sites is 3. The van der Waals surface area contributed by atoms with Gasteiger partial charge in [0.05, 0.1) is 34.8 Å². The third-order valence-corrected chi connectivity index (χ3v) is 28.1. The van der Waals surface area contributed by atoms with Crippen molar-refractivity contribution >= 4 is 75.7 Å². The molecule has 8 aromatic heterocycles. The Labute approximate surface area is 849 Å². The number of hydrogen-bond donors (Lipinski definition) is 0. The zero-order chi connectivity index (χ0) is 97.5. The van der Waals surface area contributed by atoms with E-state index >= 15 is 0 Å². The number of fused-ring (bicyclic) bond motifs is 9. The van der Waals surface area contributed by atoms with Crippen molar-refractivity contribution in [3.8, 4) is 191 Å². The number of benzene rings is 19. The molecular formula is C136H88N11+. The first-order valence-electron chi connectivity index (χ1n) is 49.5. The molecule has 0 radical (unpaired) electrons. The van der Waals surface area contributed by atoms with Crippen molar-refractivity contribution in [2.24, 2.45) is 0 Å². The second kappa shape index (κ2) is 38.3. The lowest BCUT2D eigenvalue weighted by molar-refractivity contribution is -0.599. The second-order valence-electron chi connectivity index (χ2n) is 36.8. The summed E-state index contributed by atoms with van der Waals surface area (Å²) in [5.41, 5.74) is 34.3. The first kappa shape index (κ1) is 87.4. The molecule has 147 heavy (non-hydrogen) atoms. The minimum atomic E-state index is 0.657. The maximum Gasteiger partial charge on any atom is 0.328 e. The highest BCUT2D eigenvalue weighted by atomic mass is 15.1. The summed E-state index contributed by atoms with van der Waals surface area (Å²) in [4.78, 5) is 43.1. The van der Waals surface area contributed by atoms with Crippen LogP contribution in [-0.2, 0) is 0 Å². The van der Waals surface area contributed by atoms with Crippen LogP contribution in [0.15, 0.2) is 535 Å². The number of hydrogen-bond acceptors (Lipinski definition) is 9. The second-order valence-corrected chi connectivity index (χ2v) is 36.8. The van der Waals surface area contributed by atoms with E-state index < -0.39 is 0 Å². The zero-order valence-corrected chi connectivity index (χ0v) is 79.7. The summed E-state index contributed by atoms with van der Waals surface area (Å²) in [5.74, 6) is 3.74. The van der Waals surface area contributed by atoms with Gasteiger partial charge in [-0.15, -0.1) is 0 Å². The minimum absolute atomic E-state index is 0.657. The van der Waals surface area contributed by atoms with Crippen molar-refractivity contribution < 1.29 is 4.57 Å². The molecule has 1 aliphatic carbocycles. The number of imidazole rings is 1. The van der Waals surface area contributed by atoms with Crippen molar-refractivity contribution in [1.82, 2.24) is 49.4 Å². The van der Waals surface area contributed by atoms with E-state index in [2.05, 4.69) is 408 Å². The van der Waals surface area contributed by atoms with Gasteiger partial charge in [0.1, 0.15) is 11.5 Å². The Hall–Kier alpha value is -19.9. The Balaban J connectivity index is 0.000000113. The predicted octanol–water partition coefficient (Wildman–Crippen LogP) is 33.7. The van der Waals surface area contributed by atoms with E-state index in [0.717, 1.165) is 118 Å². The summed E-state index contributed by atoms with van der Waals surface area (Å²) >= 11 is 0. The minimum Gasteiger partial charge on any atom is -0.292 e. The van der Waals surface area contributed by atoms with Gasteiger partial charge in [0.15, 0.2) is 17.5 Å². The molecule has 0 N–H and O–H groups in total. The van der Waals surface area contributed by atoms with E-state index in [0.29, 0.717) is 17.5 Å². The molecule has 11 heteroatoms. The van der Waals surface area contributed by atoms with Crippen molar-refractivity contribution in [3.05, 3.63) is 535 Å². The van der Waals surface area contributed by atoms with Crippen LogP contribution in [0, 0.1) is 0 Å². The normalized spacial score (nSPS) is 11.4. The van der Waals surface area contributed by atoms with Gasteiger partial charge in [-0.3, -0.25) is 24.5 Å². The average molecular weight is 1880 g/mol. The maximum atomic E-state index is 5.13. The van der Waals surface area contributed by atoms with Gasteiger partial charge in [-0.1, -0.05) is 358 Å². The Kier molecular flexibility index (Phi) is 22.8. The maximum absolute atomic E-state index is 5.13. The van der Waals surface area contributed by atoms with Gasteiger partial charge in [-0.05, 0) is 297 Å². The molecule has 0 atom stereocenters. The molecule has 27 aromatic rings. The average Bonchev–Trinajstić information content (AvgIpc) is 1.55. The monoisotopic (exact) mass is 1870 g/mol. The summed E-state index contributed by atoms with van der Waals surface area (Å²) in [5, 5.41) is 14.8. The molecule has 0 fully saturated rings. The van der Waals surface area contributed by atoms with Crippen molar-refractivity contribution in [1.29, 1.82) is 0 Å². The Morgan fingerprint density at radius 2 is 0.633 bits per heavy atom. The van der Waals surface area contributed by atoms with Gasteiger partial charge in [0, 0.05) is 76.1 Å². The third kappa shape index (κ3) is 16.7. The lowest BCUT2D eigenvalue weighted by atomic mass is 9.82. The highest BCUT2D eigenvalue weighted by Gasteiger charge is 2.33. The molecule has 0 amide bonds. The van der Waals surface area contributed by atoms with Crippen LogP contribution >= 0.6 is 0 Å². The van der Waals surface area contributed by atoms with Gasteiger partial charge in [0.25, 0.3) is 0 Å². The molecule has 0 aliphatic heterocycles. The molecule has 1 aliphatic rings. The summed E-state index contributed by atoms with van der Waals surface area (Å²) in [7, 11) is 0. The molecule has 11 nitrogen and oxygen atoms in total. The van der Waals surface area contributed by atoms with E-state index in [9.17, 15) is 0 Å². The molecular weight excluding hydrogens is 1790 g/mol. The molecule has 0 bridgehead atoms. The zero-order valence-electron chi connectivity index (χ0n) is 79.7. The van der Waals surface area contributed by atoms with Gasteiger partial charge in [-0.2, -0.15) is 0 Å². The topological polar surface area (TPSA) is 125 Å². The molecule has 0 spiro atoms. The van der Waals surface area contributed by atoms with Crippen LogP contribution in [0.3, 0.4) is 0 Å². The van der Waals surface area contributed by atoms with E-state index in [1.165, 1.54) is 132 Å². The van der Waals surface area contributed by atoms with Crippen LogP contribution in [0.5, 0.6) is 0 Å². The summed E-state index contributed by atoms with van der Waals surface area (Å²) in [6, 6.07) is 174. The standard InChI is InChI=1S/C53H34N2.C47H29N3.C36H25N6/c1-2-16-44(17-3-1)55-50-21-11-10-20-49(50)54-53(55)38-26-22-37(23-27-38)41-30-31-47-48(34-41)52(43-29-25-36-13-5-7-15-40(36)33-43)46-19-9-8-18-45(46)51(47)42-28-24-35-12-4-6-14-39(35)32-42;1-5-16-30(17-6-1)40-34-24-13-14-25-35(34)41(31-18-7-2-8-19-31)44-39-29-28-37(36-26-15-27-38(42(36)39)43(40)44)47-49-45(32-20-9-3-10-21-32)48-46(50-47)33-22-11-4-12-23-33;1-3-17-38-32(8-1)34-13-12-28(25-40-34)31-22-29(21-30(23-31)27-7-6-16-37-24-27)26-14-19-42(20-15-26)36-11-5-10-35(41-36)33-9-2-4-18-39-33/h1-34H;1-29H;1-25H/q;;+1. The van der Waals surface area contributed by atoms with Crippen molar-refractivity contribution in [2.75, 3.05) is 0 Å².